The summed E-state index contributed by atoms with van der Waals surface area (Å²) in [5.74, 6) is -0.197. The van der Waals surface area contributed by atoms with Crippen molar-refractivity contribution in [2.75, 3.05) is 13.1 Å². The molecule has 3 rings (SSSR count). The molecule has 0 aliphatic carbocycles. The molecule has 0 aromatic heterocycles. The number of nitrogens with two attached hydrogens (primary N) is 4. The van der Waals surface area contributed by atoms with Gasteiger partial charge in [-0.2, -0.15) is 0 Å². The SMILES string of the molecule is Cc1cc(O)cc(C)c1C[C@H](NC(=O)[C@H](N)CCCN=C(N)N)C(=O)N[C@@H](CCCCN)C1=CN(Cc2ccccc2)NO1. The number of carbonyl (C=O) groups is 2. The molecule has 1 aliphatic rings. The van der Waals surface area contributed by atoms with Gasteiger partial charge in [0.25, 0.3) is 0 Å². The third-order valence-corrected chi connectivity index (χ3v) is 7.39. The lowest BCUT2D eigenvalue weighted by atomic mass is 9.95. The molecule has 0 unspecified atom stereocenters. The molecule has 0 saturated carbocycles. The van der Waals surface area contributed by atoms with E-state index in [1.807, 2.05) is 50.4 Å². The fourth-order valence-corrected chi connectivity index (χ4v) is 5.02. The highest BCUT2D eigenvalue weighted by molar-refractivity contribution is 5.90. The summed E-state index contributed by atoms with van der Waals surface area (Å²) in [6.45, 7) is 5.14. The van der Waals surface area contributed by atoms with E-state index in [1.165, 1.54) is 0 Å². The van der Waals surface area contributed by atoms with E-state index in [0.29, 0.717) is 44.7 Å². The number of amides is 2. The standard InChI is InChI=1S/C31H47N9O4/c1-20-15-23(41)16-21(2)24(20)17-27(38-29(42)25(33)11-8-14-36-31(34)35)30(43)37-26(12-6-7-13-32)28-19-40(39-44-28)18-22-9-4-3-5-10-22/h3-5,9-10,15-16,19,25-27,39,41H,6-8,11-14,17-18,32-33H2,1-2H3,(H,37,43)(H,38,42)(H4,34,35,36)/t25-,26+,27+/m1/s1. The number of aryl methyl sites for hydroxylation is 2. The Labute approximate surface area is 259 Å². The first kappa shape index (κ1) is 34.2. The number of nitrogens with zero attached hydrogens (tertiary/aromatic N) is 2. The molecule has 2 aromatic rings. The summed E-state index contributed by atoms with van der Waals surface area (Å²) in [5, 5.41) is 17.8. The number of benzene rings is 2. The third-order valence-electron chi connectivity index (χ3n) is 7.39. The van der Waals surface area contributed by atoms with Gasteiger partial charge in [-0.05, 0) is 86.9 Å². The first-order chi connectivity index (χ1) is 21.1. The average molecular weight is 610 g/mol. The maximum atomic E-state index is 13.9. The minimum atomic E-state index is -0.944. The summed E-state index contributed by atoms with van der Waals surface area (Å²) in [4.78, 5) is 36.8. The van der Waals surface area contributed by atoms with Crippen LogP contribution < -0.4 is 39.2 Å². The number of phenolic OH excluding ortho intramolecular Hbond substituents is 1. The summed E-state index contributed by atoms with van der Waals surface area (Å²) in [7, 11) is 0. The van der Waals surface area contributed by atoms with E-state index < -0.39 is 24.0 Å². The molecule has 3 atom stereocenters. The number of carbonyl (C=O) groups excluding carboxylic acids is 2. The fraction of sp³-hybridized carbons (Fsp3) is 0.452. The van der Waals surface area contributed by atoms with Gasteiger partial charge >= 0.3 is 0 Å². The first-order valence-corrected chi connectivity index (χ1v) is 14.9. The number of rotatable bonds is 17. The van der Waals surface area contributed by atoms with Gasteiger partial charge in [0.2, 0.25) is 11.8 Å². The number of aromatic hydroxyl groups is 1. The van der Waals surface area contributed by atoms with Crippen LogP contribution in [-0.2, 0) is 27.4 Å². The smallest absolute Gasteiger partial charge is 0.243 e. The summed E-state index contributed by atoms with van der Waals surface area (Å²) in [6, 6.07) is 10.9. The van der Waals surface area contributed by atoms with Gasteiger partial charge in [-0.1, -0.05) is 35.9 Å². The van der Waals surface area contributed by atoms with Crippen molar-refractivity contribution >= 4 is 17.8 Å². The molecule has 1 aliphatic heterocycles. The largest absolute Gasteiger partial charge is 0.508 e. The van der Waals surface area contributed by atoms with E-state index in [0.717, 1.165) is 35.1 Å². The van der Waals surface area contributed by atoms with E-state index in [4.69, 9.17) is 27.8 Å². The fourth-order valence-electron chi connectivity index (χ4n) is 5.02. The number of hydrogen-bond acceptors (Lipinski definition) is 9. The molecule has 0 bridgehead atoms. The van der Waals surface area contributed by atoms with Crippen molar-refractivity contribution in [1.29, 1.82) is 0 Å². The maximum Gasteiger partial charge on any atom is 0.243 e. The number of guanidine groups is 1. The molecule has 1 heterocycles. The zero-order valence-electron chi connectivity index (χ0n) is 25.6. The Balaban J connectivity index is 1.79. The van der Waals surface area contributed by atoms with Crippen molar-refractivity contribution in [2.24, 2.45) is 27.9 Å². The molecule has 0 saturated heterocycles. The van der Waals surface area contributed by atoms with Crippen LogP contribution in [-0.4, -0.2) is 59.1 Å². The number of hydrazine groups is 1. The Morgan fingerprint density at radius 1 is 1.02 bits per heavy atom. The Morgan fingerprint density at radius 3 is 2.39 bits per heavy atom. The van der Waals surface area contributed by atoms with Crippen LogP contribution in [0.15, 0.2) is 59.4 Å². The molecule has 13 nitrogen and oxygen atoms in total. The predicted molar refractivity (Wildman–Crippen MR) is 170 cm³/mol. The summed E-state index contributed by atoms with van der Waals surface area (Å²) >= 11 is 0. The van der Waals surface area contributed by atoms with Gasteiger partial charge in [-0.15, -0.1) is 0 Å². The highest BCUT2D eigenvalue weighted by Gasteiger charge is 2.30. The average Bonchev–Trinajstić information content (AvgIpc) is 3.44. The van der Waals surface area contributed by atoms with Gasteiger partial charge in [0, 0.05) is 13.0 Å². The van der Waals surface area contributed by atoms with Gasteiger partial charge in [0.05, 0.1) is 24.8 Å². The molecular formula is C31H47N9O4. The van der Waals surface area contributed by atoms with Gasteiger partial charge < -0.3 is 43.5 Å². The van der Waals surface area contributed by atoms with Crippen LogP contribution in [0.1, 0.15) is 54.4 Å². The van der Waals surface area contributed by atoms with Gasteiger partial charge in [0.15, 0.2) is 11.7 Å². The minimum Gasteiger partial charge on any atom is -0.508 e. The number of phenols is 1. The molecule has 12 N–H and O–H groups in total. The Hall–Kier alpha value is -4.33. The van der Waals surface area contributed by atoms with Crippen LogP contribution in [0.4, 0.5) is 0 Å². The summed E-state index contributed by atoms with van der Waals surface area (Å²) < 4.78 is 0. The van der Waals surface area contributed by atoms with Crippen LogP contribution >= 0.6 is 0 Å². The molecular weight excluding hydrogens is 562 g/mol. The van der Waals surface area contributed by atoms with Gasteiger partial charge in [-0.3, -0.25) is 19.6 Å². The predicted octanol–water partition coefficient (Wildman–Crippen LogP) is 0.824. The second-order valence-electron chi connectivity index (χ2n) is 11.1. The van der Waals surface area contributed by atoms with Crippen molar-refractivity contribution in [3.8, 4) is 5.75 Å². The topological polar surface area (TPSA) is 219 Å². The van der Waals surface area contributed by atoms with Crippen molar-refractivity contribution < 1.29 is 19.5 Å². The van der Waals surface area contributed by atoms with Gasteiger partial charge in [0.1, 0.15) is 11.8 Å². The van der Waals surface area contributed by atoms with Crippen molar-refractivity contribution in [1.82, 2.24) is 21.2 Å². The Kier molecular flexibility index (Phi) is 13.3. The van der Waals surface area contributed by atoms with E-state index in [1.54, 1.807) is 17.1 Å². The molecule has 13 heteroatoms. The van der Waals surface area contributed by atoms with E-state index >= 15 is 0 Å². The number of nitrogens with one attached hydrogen (secondary N) is 3. The molecule has 0 fully saturated rings. The van der Waals surface area contributed by atoms with Crippen LogP contribution in [0, 0.1) is 13.8 Å². The minimum absolute atomic E-state index is 0.0276. The highest BCUT2D eigenvalue weighted by atomic mass is 16.7. The Bertz CT molecular complexity index is 1280. The molecule has 44 heavy (non-hydrogen) atoms. The van der Waals surface area contributed by atoms with Crippen LogP contribution in [0.5, 0.6) is 5.75 Å². The van der Waals surface area contributed by atoms with E-state index in [-0.39, 0.29) is 24.0 Å². The van der Waals surface area contributed by atoms with Gasteiger partial charge in [-0.25, -0.2) is 0 Å². The highest BCUT2D eigenvalue weighted by Crippen LogP contribution is 2.23. The maximum absolute atomic E-state index is 13.9. The third kappa shape index (κ3) is 10.7. The quantitative estimate of drug-likeness (QED) is 0.0717. The molecule has 0 radical (unpaired) electrons. The second kappa shape index (κ2) is 17.1. The summed E-state index contributed by atoms with van der Waals surface area (Å²) in [6.07, 6.45) is 4.98. The van der Waals surface area contributed by atoms with Crippen molar-refractivity contribution in [3.63, 3.8) is 0 Å². The van der Waals surface area contributed by atoms with Crippen LogP contribution in [0.25, 0.3) is 0 Å². The zero-order chi connectivity index (χ0) is 32.1. The molecule has 2 amide bonds. The number of hydrogen-bond donors (Lipinski definition) is 8. The normalized spacial score (nSPS) is 14.6. The van der Waals surface area contributed by atoms with Crippen LogP contribution in [0.2, 0.25) is 0 Å². The molecule has 2 aromatic carbocycles. The van der Waals surface area contributed by atoms with Crippen LogP contribution in [0.3, 0.4) is 0 Å². The number of aliphatic imine (C=N–C) groups is 1. The second-order valence-corrected chi connectivity index (χ2v) is 11.1. The Morgan fingerprint density at radius 2 is 1.73 bits per heavy atom. The monoisotopic (exact) mass is 609 g/mol. The van der Waals surface area contributed by atoms with E-state index in [2.05, 4.69) is 21.2 Å². The summed E-state index contributed by atoms with van der Waals surface area (Å²) in [5.41, 5.74) is 29.1. The van der Waals surface area contributed by atoms with Crippen molar-refractivity contribution in [3.05, 3.63) is 76.7 Å². The number of unbranched alkanes of at least 4 members (excludes halogenated alkanes) is 1. The molecule has 0 spiro atoms. The van der Waals surface area contributed by atoms with Crippen molar-refractivity contribution in [2.45, 2.75) is 77.0 Å². The first-order valence-electron chi connectivity index (χ1n) is 14.9. The molecule has 240 valence electrons. The van der Waals surface area contributed by atoms with E-state index in [9.17, 15) is 14.7 Å². The lowest BCUT2D eigenvalue weighted by Gasteiger charge is -2.25. The lowest BCUT2D eigenvalue weighted by Crippen LogP contribution is -2.54. The zero-order valence-corrected chi connectivity index (χ0v) is 25.6. The lowest BCUT2D eigenvalue weighted by molar-refractivity contribution is -0.130.